The molecule has 2 unspecified atom stereocenters. The van der Waals surface area contributed by atoms with Crippen LogP contribution in [0.1, 0.15) is 39.0 Å². The number of nitrogens with one attached hydrogen (secondary N) is 1. The summed E-state index contributed by atoms with van der Waals surface area (Å²) < 4.78 is 6.24. The average Bonchev–Trinajstić information content (AvgIpc) is 3.21. The van der Waals surface area contributed by atoms with E-state index in [0.29, 0.717) is 29.2 Å². The van der Waals surface area contributed by atoms with Crippen LogP contribution in [0.15, 0.2) is 70.8 Å². The number of amides is 1. The lowest BCUT2D eigenvalue weighted by Gasteiger charge is -2.37. The first-order valence-corrected chi connectivity index (χ1v) is 11.9. The van der Waals surface area contributed by atoms with Crippen LogP contribution in [0.5, 0.6) is 0 Å². The number of carbonyl (C=O) groups excluding carboxylic acids is 2. The zero-order valence-corrected chi connectivity index (χ0v) is 20.7. The smallest absolute Gasteiger partial charge is 0.270 e. The van der Waals surface area contributed by atoms with E-state index in [9.17, 15) is 19.7 Å². The minimum absolute atomic E-state index is 0.000347. The number of hydrogen-bond acceptors (Lipinski definition) is 6. The van der Waals surface area contributed by atoms with E-state index in [1.54, 1.807) is 17.0 Å². The molecule has 8 nitrogen and oxygen atoms in total. The molecule has 1 amide bonds. The number of Topliss-reactive ketones (excluding diaryl/α,β-unsaturated/α-hetero) is 1. The molecule has 2 atom stereocenters. The molecule has 9 heteroatoms. The predicted molar refractivity (Wildman–Crippen MR) is 137 cm³/mol. The SMILES string of the molecule is CC(=O)N1c2ccccc2NC2=CC(C)(C)CC(=O)C2C1c1ccc(-c2ccc([N+](=O)[O-])cc2Cl)o1. The molecule has 0 saturated heterocycles. The summed E-state index contributed by atoms with van der Waals surface area (Å²) in [6.07, 6.45) is 2.38. The zero-order valence-electron chi connectivity index (χ0n) is 19.9. The van der Waals surface area contributed by atoms with Gasteiger partial charge in [0.25, 0.3) is 5.69 Å². The maximum Gasteiger partial charge on any atom is 0.270 e. The highest BCUT2D eigenvalue weighted by molar-refractivity contribution is 6.33. The molecule has 0 bridgehead atoms. The molecule has 184 valence electrons. The predicted octanol–water partition coefficient (Wildman–Crippen LogP) is 6.53. The van der Waals surface area contributed by atoms with E-state index in [0.717, 1.165) is 11.4 Å². The highest BCUT2D eigenvalue weighted by Crippen LogP contribution is 2.49. The number of non-ortho nitro benzene ring substituents is 1. The van der Waals surface area contributed by atoms with Crippen molar-refractivity contribution in [2.24, 2.45) is 11.3 Å². The van der Waals surface area contributed by atoms with Gasteiger partial charge in [0.2, 0.25) is 5.91 Å². The summed E-state index contributed by atoms with van der Waals surface area (Å²) in [5.41, 5.74) is 2.09. The van der Waals surface area contributed by atoms with E-state index in [-0.39, 0.29) is 27.8 Å². The monoisotopic (exact) mass is 505 g/mol. The van der Waals surface area contributed by atoms with Crippen LogP contribution in [0.4, 0.5) is 17.1 Å². The third-order valence-corrected chi connectivity index (χ3v) is 6.89. The van der Waals surface area contributed by atoms with Crippen LogP contribution in [0.2, 0.25) is 5.02 Å². The Hall–Kier alpha value is -3.91. The molecule has 1 aliphatic heterocycles. The van der Waals surface area contributed by atoms with Crippen molar-refractivity contribution in [1.29, 1.82) is 0 Å². The van der Waals surface area contributed by atoms with Gasteiger partial charge in [0, 0.05) is 36.7 Å². The summed E-state index contributed by atoms with van der Waals surface area (Å²) in [6, 6.07) is 14.3. The van der Waals surface area contributed by atoms with Crippen LogP contribution >= 0.6 is 11.6 Å². The lowest BCUT2D eigenvalue weighted by molar-refractivity contribution is -0.384. The number of nitro benzene ring substituents is 1. The fourth-order valence-corrected chi connectivity index (χ4v) is 5.40. The van der Waals surface area contributed by atoms with Crippen molar-refractivity contribution in [3.63, 3.8) is 0 Å². The molecule has 2 heterocycles. The fourth-order valence-electron chi connectivity index (χ4n) is 5.13. The van der Waals surface area contributed by atoms with Crippen LogP contribution in [0.25, 0.3) is 11.3 Å². The Morgan fingerprint density at radius 2 is 1.94 bits per heavy atom. The van der Waals surface area contributed by atoms with Gasteiger partial charge < -0.3 is 9.73 Å². The third kappa shape index (κ3) is 4.07. The van der Waals surface area contributed by atoms with Gasteiger partial charge in [-0.15, -0.1) is 0 Å². The maximum atomic E-state index is 13.6. The number of halogens is 1. The van der Waals surface area contributed by atoms with E-state index in [4.69, 9.17) is 16.0 Å². The molecule has 2 aliphatic rings. The minimum atomic E-state index is -0.737. The standard InChI is InChI=1S/C27H24ClN3O5/c1-15(32)30-21-7-5-4-6-19(21)29-20-13-27(2,3)14-22(33)25(20)26(30)24-11-10-23(36-24)17-9-8-16(31(34)35)12-18(17)28/h4-13,25-26,29H,14H2,1-3H3. The van der Waals surface area contributed by atoms with E-state index in [1.807, 2.05) is 38.1 Å². The minimum Gasteiger partial charge on any atom is -0.459 e. The highest BCUT2D eigenvalue weighted by Gasteiger charge is 2.47. The van der Waals surface area contributed by atoms with Gasteiger partial charge in [0.15, 0.2) is 0 Å². The zero-order chi connectivity index (χ0) is 25.8. The van der Waals surface area contributed by atoms with Crippen molar-refractivity contribution in [2.75, 3.05) is 10.2 Å². The Morgan fingerprint density at radius 1 is 1.19 bits per heavy atom. The Labute approximate surface area is 212 Å². The summed E-state index contributed by atoms with van der Waals surface area (Å²) in [5.74, 6) is -0.106. The van der Waals surface area contributed by atoms with E-state index >= 15 is 0 Å². The topological polar surface area (TPSA) is 106 Å². The van der Waals surface area contributed by atoms with Crippen molar-refractivity contribution in [1.82, 2.24) is 0 Å². The summed E-state index contributed by atoms with van der Waals surface area (Å²) in [5, 5.41) is 14.7. The molecule has 0 saturated carbocycles. The molecule has 0 spiro atoms. The van der Waals surface area contributed by atoms with Crippen molar-refractivity contribution < 1.29 is 18.9 Å². The molecule has 1 aliphatic carbocycles. The molecule has 36 heavy (non-hydrogen) atoms. The largest absolute Gasteiger partial charge is 0.459 e. The second-order valence-corrected chi connectivity index (χ2v) is 10.2. The number of rotatable bonds is 3. The van der Waals surface area contributed by atoms with Gasteiger partial charge in [-0.25, -0.2) is 0 Å². The van der Waals surface area contributed by atoms with Gasteiger partial charge in [-0.2, -0.15) is 0 Å². The molecule has 1 N–H and O–H groups in total. The van der Waals surface area contributed by atoms with Gasteiger partial charge >= 0.3 is 0 Å². The van der Waals surface area contributed by atoms with E-state index < -0.39 is 16.9 Å². The summed E-state index contributed by atoms with van der Waals surface area (Å²) >= 11 is 6.34. The fraction of sp³-hybridized carbons (Fsp3) is 0.259. The van der Waals surface area contributed by atoms with Crippen LogP contribution in [0, 0.1) is 21.4 Å². The number of nitro groups is 1. The molecule has 2 aromatic carbocycles. The highest BCUT2D eigenvalue weighted by atomic mass is 35.5. The van der Waals surface area contributed by atoms with Crippen LogP contribution < -0.4 is 10.2 Å². The normalized spacial score (nSPS) is 20.5. The number of ketones is 1. The van der Waals surface area contributed by atoms with Crippen LogP contribution in [-0.4, -0.2) is 16.6 Å². The lowest BCUT2D eigenvalue weighted by atomic mass is 9.73. The van der Waals surface area contributed by atoms with Gasteiger partial charge in [0.1, 0.15) is 23.3 Å². The van der Waals surface area contributed by atoms with Crippen molar-refractivity contribution >= 4 is 40.4 Å². The van der Waals surface area contributed by atoms with Crippen molar-refractivity contribution in [3.05, 3.63) is 87.3 Å². The second-order valence-electron chi connectivity index (χ2n) is 9.81. The van der Waals surface area contributed by atoms with Gasteiger partial charge in [-0.1, -0.05) is 43.7 Å². The van der Waals surface area contributed by atoms with E-state index in [2.05, 4.69) is 11.4 Å². The third-order valence-electron chi connectivity index (χ3n) is 6.58. The molecule has 0 radical (unpaired) electrons. The van der Waals surface area contributed by atoms with Crippen molar-refractivity contribution in [2.45, 2.75) is 33.2 Å². The van der Waals surface area contributed by atoms with Gasteiger partial charge in [0.05, 0.1) is 27.2 Å². The lowest BCUT2D eigenvalue weighted by Crippen LogP contribution is -2.42. The van der Waals surface area contributed by atoms with Crippen LogP contribution in [0.3, 0.4) is 0 Å². The second kappa shape index (κ2) is 8.64. The number of carbonyl (C=O) groups is 2. The molecular formula is C27H24ClN3O5. The Kier molecular flexibility index (Phi) is 5.71. The summed E-state index contributed by atoms with van der Waals surface area (Å²) in [4.78, 5) is 38.8. The molecular weight excluding hydrogens is 482 g/mol. The number of allylic oxidation sites excluding steroid dienone is 1. The number of anilines is 2. The Morgan fingerprint density at radius 3 is 2.64 bits per heavy atom. The molecule has 1 aromatic heterocycles. The first-order valence-electron chi connectivity index (χ1n) is 11.5. The molecule has 5 rings (SSSR count). The number of nitrogens with zero attached hydrogens (tertiary/aromatic N) is 2. The summed E-state index contributed by atoms with van der Waals surface area (Å²) in [7, 11) is 0. The molecule has 0 fully saturated rings. The quantitative estimate of drug-likeness (QED) is 0.320. The number of benzene rings is 2. The number of hydrogen-bond donors (Lipinski definition) is 1. The Bertz CT molecular complexity index is 1440. The number of furan rings is 1. The van der Waals surface area contributed by atoms with Crippen molar-refractivity contribution in [3.8, 4) is 11.3 Å². The van der Waals surface area contributed by atoms with Gasteiger partial charge in [-0.05, 0) is 35.7 Å². The maximum absolute atomic E-state index is 13.6. The molecule has 3 aromatic rings. The Balaban J connectivity index is 1.68. The van der Waals surface area contributed by atoms with E-state index in [1.165, 1.54) is 25.1 Å². The van der Waals surface area contributed by atoms with Gasteiger partial charge in [-0.3, -0.25) is 24.6 Å². The first-order chi connectivity index (χ1) is 17.1. The average molecular weight is 506 g/mol. The number of fused-ring (bicyclic) bond motifs is 2. The first kappa shape index (κ1) is 23.8. The number of para-hydroxylation sites is 2. The van der Waals surface area contributed by atoms with Crippen LogP contribution in [-0.2, 0) is 9.59 Å². The summed E-state index contributed by atoms with van der Waals surface area (Å²) in [6.45, 7) is 5.48.